The Balaban J connectivity index is 2.65. The van der Waals surface area contributed by atoms with E-state index in [-0.39, 0.29) is 5.92 Å². The molecule has 0 aliphatic heterocycles. The summed E-state index contributed by atoms with van der Waals surface area (Å²) < 4.78 is 39.8. The molecule has 0 saturated heterocycles. The highest BCUT2D eigenvalue weighted by Gasteiger charge is 2.47. The van der Waals surface area contributed by atoms with Gasteiger partial charge in [0.25, 0.3) is 0 Å². The third kappa shape index (κ3) is 2.46. The van der Waals surface area contributed by atoms with Crippen LogP contribution in [0.15, 0.2) is 30.3 Å². The Kier molecular flexibility index (Phi) is 3.17. The predicted molar refractivity (Wildman–Crippen MR) is 66.3 cm³/mol. The average Bonchev–Trinajstić information content (AvgIpc) is 2.53. The lowest BCUT2D eigenvalue weighted by atomic mass is 10.1. The SMILES string of the molecule is CC(C)Cc1cc2ccccc2[s+]1C(F)(F)F. The predicted octanol–water partition coefficient (Wildman–Crippen LogP) is 5.26. The molecule has 17 heavy (non-hydrogen) atoms. The van der Waals surface area contributed by atoms with Crippen LogP contribution in [-0.4, -0.2) is 0 Å². The number of hydrogen-bond acceptors (Lipinski definition) is 0. The van der Waals surface area contributed by atoms with E-state index >= 15 is 0 Å². The van der Waals surface area contributed by atoms with Crippen molar-refractivity contribution in [2.75, 3.05) is 0 Å². The van der Waals surface area contributed by atoms with E-state index in [2.05, 4.69) is 0 Å². The first-order chi connectivity index (χ1) is 7.89. The third-order valence-electron chi connectivity index (χ3n) is 2.56. The first-order valence-electron chi connectivity index (χ1n) is 5.50. The maximum absolute atomic E-state index is 13.1. The van der Waals surface area contributed by atoms with Crippen molar-refractivity contribution in [1.29, 1.82) is 0 Å². The van der Waals surface area contributed by atoms with Crippen molar-refractivity contribution in [1.82, 2.24) is 0 Å². The highest BCUT2D eigenvalue weighted by atomic mass is 32.2. The van der Waals surface area contributed by atoms with E-state index in [0.29, 0.717) is 16.0 Å². The van der Waals surface area contributed by atoms with Crippen LogP contribution in [0.4, 0.5) is 13.2 Å². The Bertz CT molecular complexity index is 523. The summed E-state index contributed by atoms with van der Waals surface area (Å²) in [4.78, 5) is 0.522. The number of fused-ring (bicyclic) bond motifs is 1. The van der Waals surface area contributed by atoms with Crippen molar-refractivity contribution >= 4 is 20.6 Å². The topological polar surface area (TPSA) is 0 Å². The lowest BCUT2D eigenvalue weighted by molar-refractivity contribution is -0.0867. The van der Waals surface area contributed by atoms with E-state index in [1.165, 1.54) is 0 Å². The quantitative estimate of drug-likeness (QED) is 0.645. The van der Waals surface area contributed by atoms with Crippen LogP contribution < -0.4 is 0 Å². The molecular formula is C13H14F3S+. The molecule has 1 atom stereocenters. The molecule has 0 spiro atoms. The van der Waals surface area contributed by atoms with E-state index in [9.17, 15) is 13.2 Å². The van der Waals surface area contributed by atoms with E-state index < -0.39 is 16.0 Å². The largest absolute Gasteiger partial charge is 0.600 e. The minimum atomic E-state index is -4.16. The second kappa shape index (κ2) is 4.33. The monoisotopic (exact) mass is 259 g/mol. The molecule has 1 aromatic heterocycles. The summed E-state index contributed by atoms with van der Waals surface area (Å²) in [6.45, 7) is 3.89. The van der Waals surface area contributed by atoms with Gasteiger partial charge in [0.2, 0.25) is 0 Å². The summed E-state index contributed by atoms with van der Waals surface area (Å²) >= 11 is 0. The zero-order valence-electron chi connectivity index (χ0n) is 9.71. The fourth-order valence-electron chi connectivity index (χ4n) is 1.98. The Hall–Kier alpha value is -1.03. The van der Waals surface area contributed by atoms with Crippen LogP contribution in [0.3, 0.4) is 0 Å². The van der Waals surface area contributed by atoms with Gasteiger partial charge in [-0.1, -0.05) is 26.0 Å². The third-order valence-corrected chi connectivity index (χ3v) is 4.64. The lowest BCUT2D eigenvalue weighted by Gasteiger charge is -2.02. The van der Waals surface area contributed by atoms with Gasteiger partial charge in [0.05, 0.1) is 10.5 Å². The normalized spacial score (nSPS) is 13.6. The Morgan fingerprint density at radius 1 is 1.18 bits per heavy atom. The van der Waals surface area contributed by atoms with Crippen molar-refractivity contribution < 1.29 is 13.2 Å². The lowest BCUT2D eigenvalue weighted by Crippen LogP contribution is -2.00. The summed E-state index contributed by atoms with van der Waals surface area (Å²) in [7, 11) is -1.72. The number of rotatable bonds is 2. The highest BCUT2D eigenvalue weighted by molar-refractivity contribution is 7.38. The molecule has 2 aromatic rings. The van der Waals surface area contributed by atoms with Crippen LogP contribution in [0.2, 0.25) is 0 Å². The van der Waals surface area contributed by atoms with E-state index in [0.717, 1.165) is 5.39 Å². The van der Waals surface area contributed by atoms with Gasteiger partial charge >= 0.3 is 5.51 Å². The van der Waals surface area contributed by atoms with Gasteiger partial charge in [-0.2, -0.15) is 0 Å². The summed E-state index contributed by atoms with van der Waals surface area (Å²) in [5, 5.41) is 0.726. The van der Waals surface area contributed by atoms with Gasteiger partial charge in [0, 0.05) is 17.9 Å². The Morgan fingerprint density at radius 2 is 1.82 bits per heavy atom. The fourth-order valence-corrected chi connectivity index (χ4v) is 4.13. The summed E-state index contributed by atoms with van der Waals surface area (Å²) in [6, 6.07) is 8.53. The van der Waals surface area contributed by atoms with Gasteiger partial charge in [-0.05, 0) is 18.1 Å². The molecular weight excluding hydrogens is 245 g/mol. The minimum Gasteiger partial charge on any atom is -0.118 e. The van der Waals surface area contributed by atoms with Crippen molar-refractivity contribution in [2.45, 2.75) is 25.8 Å². The molecule has 1 aromatic carbocycles. The second-order valence-corrected chi connectivity index (χ2v) is 6.54. The molecule has 0 amide bonds. The maximum Gasteiger partial charge on any atom is 0.600 e. The van der Waals surface area contributed by atoms with Crippen LogP contribution in [-0.2, 0) is 11.9 Å². The molecule has 0 bridgehead atoms. The zero-order chi connectivity index (χ0) is 12.6. The van der Waals surface area contributed by atoms with E-state index in [1.54, 1.807) is 30.3 Å². The number of hydrogen-bond donors (Lipinski definition) is 0. The van der Waals surface area contributed by atoms with E-state index in [1.807, 2.05) is 13.8 Å². The minimum absolute atomic E-state index is 0.243. The molecule has 1 unspecified atom stereocenters. The Morgan fingerprint density at radius 3 is 2.41 bits per heavy atom. The number of benzene rings is 1. The maximum atomic E-state index is 13.1. The highest BCUT2D eigenvalue weighted by Crippen LogP contribution is 2.51. The first kappa shape index (κ1) is 12.4. The summed E-state index contributed by atoms with van der Waals surface area (Å²) in [5.41, 5.74) is -4.16. The standard InChI is InChI=1S/C13H14F3S/c1-9(2)7-11-8-10-5-3-4-6-12(10)17(11)13(14,15)16/h3-6,8-9H,7H2,1-2H3/q+1. The van der Waals surface area contributed by atoms with Gasteiger partial charge in [-0.3, -0.25) is 0 Å². The van der Waals surface area contributed by atoms with Gasteiger partial charge in [0.15, 0.2) is 9.58 Å². The van der Waals surface area contributed by atoms with Crippen LogP contribution in [0, 0.1) is 5.92 Å². The van der Waals surface area contributed by atoms with Crippen molar-refractivity contribution in [3.8, 4) is 0 Å². The van der Waals surface area contributed by atoms with E-state index in [4.69, 9.17) is 0 Å². The molecule has 1 heterocycles. The molecule has 2 rings (SSSR count). The molecule has 0 nitrogen and oxygen atoms in total. The van der Waals surface area contributed by atoms with Gasteiger partial charge in [-0.15, -0.1) is 13.2 Å². The van der Waals surface area contributed by atoms with Gasteiger partial charge in [0.1, 0.15) is 0 Å². The molecule has 4 heteroatoms. The van der Waals surface area contributed by atoms with Crippen molar-refractivity contribution in [3.05, 3.63) is 35.2 Å². The average molecular weight is 259 g/mol. The van der Waals surface area contributed by atoms with Crippen LogP contribution in [0.25, 0.3) is 10.1 Å². The zero-order valence-corrected chi connectivity index (χ0v) is 10.5. The Labute approximate surface area is 101 Å². The number of thiophene rings is 1. The number of alkyl halides is 3. The molecule has 0 aliphatic carbocycles. The van der Waals surface area contributed by atoms with Gasteiger partial charge in [-0.25, -0.2) is 0 Å². The molecule has 92 valence electrons. The first-order valence-corrected chi connectivity index (χ1v) is 6.73. The smallest absolute Gasteiger partial charge is 0.118 e. The van der Waals surface area contributed by atoms with Crippen molar-refractivity contribution in [3.63, 3.8) is 0 Å². The molecule has 0 saturated carbocycles. The van der Waals surface area contributed by atoms with Crippen LogP contribution in [0.1, 0.15) is 18.7 Å². The van der Waals surface area contributed by atoms with Crippen LogP contribution >= 0.6 is 10.5 Å². The molecule has 0 fully saturated rings. The summed E-state index contributed by atoms with van der Waals surface area (Å²) in [5.74, 6) is 0.243. The molecule has 0 N–H and O–H groups in total. The summed E-state index contributed by atoms with van der Waals surface area (Å²) in [6.07, 6.45) is 0.511. The van der Waals surface area contributed by atoms with Crippen molar-refractivity contribution in [2.24, 2.45) is 5.92 Å². The number of halogens is 3. The van der Waals surface area contributed by atoms with Gasteiger partial charge < -0.3 is 0 Å². The fraction of sp³-hybridized carbons (Fsp3) is 0.385. The van der Waals surface area contributed by atoms with Crippen LogP contribution in [0.5, 0.6) is 0 Å². The molecule has 0 aliphatic rings. The second-order valence-electron chi connectivity index (χ2n) is 4.50. The molecule has 0 radical (unpaired) electrons.